The van der Waals surface area contributed by atoms with Crippen LogP contribution in [0.25, 0.3) is 11.0 Å². The third-order valence-electron chi connectivity index (χ3n) is 4.68. The van der Waals surface area contributed by atoms with Crippen LogP contribution in [0.3, 0.4) is 0 Å². The number of hydrogen-bond acceptors (Lipinski definition) is 6. The maximum atomic E-state index is 12.4. The first kappa shape index (κ1) is 20.6. The summed E-state index contributed by atoms with van der Waals surface area (Å²) in [6, 6.07) is 5.20. The molecule has 0 spiro atoms. The lowest BCUT2D eigenvalue weighted by atomic mass is 10.1. The Bertz CT molecular complexity index is 1210. The molecular formula is C21H22N4O3S. The van der Waals surface area contributed by atoms with Crippen molar-refractivity contribution in [1.29, 1.82) is 5.26 Å². The Morgan fingerprint density at radius 1 is 1.31 bits per heavy atom. The molecule has 3 aromatic rings. The van der Waals surface area contributed by atoms with Crippen LogP contribution in [0.4, 0.5) is 0 Å². The average molecular weight is 410 g/mol. The van der Waals surface area contributed by atoms with Crippen molar-refractivity contribution >= 4 is 28.3 Å². The fourth-order valence-corrected chi connectivity index (χ4v) is 4.12. The highest BCUT2D eigenvalue weighted by molar-refractivity contribution is 7.15. The molecule has 8 heteroatoms. The van der Waals surface area contributed by atoms with Crippen molar-refractivity contribution in [3.63, 3.8) is 0 Å². The Morgan fingerprint density at radius 2 is 2.07 bits per heavy atom. The van der Waals surface area contributed by atoms with Gasteiger partial charge < -0.3 is 9.30 Å². The smallest absolute Gasteiger partial charge is 0.349 e. The SMILES string of the molecule is CCCn1c(C)cc(/C=C(\C#N)C(=O)OCc2cc(=O)n3c(C)csc3n2)c1C. The molecule has 0 fully saturated rings. The Kier molecular flexibility index (Phi) is 5.99. The minimum atomic E-state index is -0.739. The van der Waals surface area contributed by atoms with Gasteiger partial charge in [-0.25, -0.2) is 9.78 Å². The minimum absolute atomic E-state index is 0.0912. The quantitative estimate of drug-likeness (QED) is 0.352. The number of ether oxygens (including phenoxy) is 1. The molecule has 0 aromatic carbocycles. The van der Waals surface area contributed by atoms with Gasteiger partial charge in [0.2, 0.25) is 0 Å². The van der Waals surface area contributed by atoms with E-state index in [4.69, 9.17) is 4.74 Å². The lowest BCUT2D eigenvalue weighted by molar-refractivity contribution is -0.139. The second kappa shape index (κ2) is 8.45. The maximum Gasteiger partial charge on any atom is 0.349 e. The van der Waals surface area contributed by atoms with Crippen molar-refractivity contribution in [2.24, 2.45) is 0 Å². The van der Waals surface area contributed by atoms with Crippen molar-refractivity contribution in [2.75, 3.05) is 0 Å². The van der Waals surface area contributed by atoms with E-state index < -0.39 is 5.97 Å². The van der Waals surface area contributed by atoms with E-state index >= 15 is 0 Å². The van der Waals surface area contributed by atoms with Crippen LogP contribution in [0, 0.1) is 32.1 Å². The number of fused-ring (bicyclic) bond motifs is 1. The molecule has 0 amide bonds. The maximum absolute atomic E-state index is 12.4. The summed E-state index contributed by atoms with van der Waals surface area (Å²) in [6.45, 7) is 8.59. The lowest BCUT2D eigenvalue weighted by Gasteiger charge is -2.07. The number of nitrogens with zero attached hydrogens (tertiary/aromatic N) is 4. The first-order valence-corrected chi connectivity index (χ1v) is 10.2. The first-order valence-electron chi connectivity index (χ1n) is 9.28. The number of carbonyl (C=O) groups is 1. The van der Waals surface area contributed by atoms with Gasteiger partial charge in [0, 0.05) is 35.1 Å². The number of carbonyl (C=O) groups excluding carboxylic acids is 1. The molecule has 0 unspecified atom stereocenters. The van der Waals surface area contributed by atoms with Crippen LogP contribution in [0.15, 0.2) is 27.9 Å². The summed E-state index contributed by atoms with van der Waals surface area (Å²) in [5.74, 6) is -0.739. The highest BCUT2D eigenvalue weighted by atomic mass is 32.1. The predicted molar refractivity (Wildman–Crippen MR) is 112 cm³/mol. The van der Waals surface area contributed by atoms with E-state index in [-0.39, 0.29) is 17.7 Å². The summed E-state index contributed by atoms with van der Waals surface area (Å²) in [6.07, 6.45) is 2.54. The van der Waals surface area contributed by atoms with Gasteiger partial charge in [0.1, 0.15) is 18.2 Å². The Balaban J connectivity index is 1.79. The number of aryl methyl sites for hydroxylation is 2. The van der Waals surface area contributed by atoms with Crippen molar-refractivity contribution < 1.29 is 9.53 Å². The highest BCUT2D eigenvalue weighted by Gasteiger charge is 2.15. The number of rotatable bonds is 6. The number of hydrogen-bond donors (Lipinski definition) is 0. The summed E-state index contributed by atoms with van der Waals surface area (Å²) in [5, 5.41) is 11.3. The van der Waals surface area contributed by atoms with Crippen LogP contribution < -0.4 is 5.56 Å². The van der Waals surface area contributed by atoms with Crippen LogP contribution in [0.5, 0.6) is 0 Å². The molecule has 0 aliphatic heterocycles. The van der Waals surface area contributed by atoms with Gasteiger partial charge in [0.15, 0.2) is 4.96 Å². The van der Waals surface area contributed by atoms with Crippen molar-refractivity contribution in [1.82, 2.24) is 14.0 Å². The number of nitriles is 1. The van der Waals surface area contributed by atoms with Gasteiger partial charge in [-0.3, -0.25) is 9.20 Å². The van der Waals surface area contributed by atoms with E-state index in [1.54, 1.807) is 6.08 Å². The molecule has 3 aromatic heterocycles. The average Bonchev–Trinajstić information content (AvgIpc) is 3.19. The molecule has 7 nitrogen and oxygen atoms in total. The minimum Gasteiger partial charge on any atom is -0.455 e. The number of esters is 1. The second-order valence-corrected chi connectivity index (χ2v) is 7.64. The van der Waals surface area contributed by atoms with Gasteiger partial charge in [-0.15, -0.1) is 11.3 Å². The van der Waals surface area contributed by atoms with E-state index in [1.807, 2.05) is 38.3 Å². The summed E-state index contributed by atoms with van der Waals surface area (Å²) in [4.78, 5) is 29.5. The van der Waals surface area contributed by atoms with Gasteiger partial charge in [-0.2, -0.15) is 5.26 Å². The molecule has 0 aliphatic carbocycles. The number of aromatic nitrogens is 3. The monoisotopic (exact) mass is 410 g/mol. The first-order chi connectivity index (χ1) is 13.8. The molecule has 0 atom stereocenters. The van der Waals surface area contributed by atoms with Crippen molar-refractivity contribution in [2.45, 2.75) is 47.3 Å². The largest absolute Gasteiger partial charge is 0.455 e. The van der Waals surface area contributed by atoms with Crippen LogP contribution in [-0.4, -0.2) is 19.9 Å². The zero-order valence-corrected chi connectivity index (χ0v) is 17.7. The lowest BCUT2D eigenvalue weighted by Crippen LogP contribution is -2.16. The van der Waals surface area contributed by atoms with Gasteiger partial charge in [0.05, 0.1) is 5.69 Å². The van der Waals surface area contributed by atoms with Gasteiger partial charge in [-0.05, 0) is 44.9 Å². The molecule has 0 bridgehead atoms. The van der Waals surface area contributed by atoms with E-state index in [0.29, 0.717) is 10.7 Å². The van der Waals surface area contributed by atoms with Gasteiger partial charge in [0.25, 0.3) is 5.56 Å². The normalized spacial score (nSPS) is 11.6. The van der Waals surface area contributed by atoms with E-state index in [1.165, 1.54) is 21.8 Å². The van der Waals surface area contributed by atoms with E-state index in [2.05, 4.69) is 16.5 Å². The van der Waals surface area contributed by atoms with Crippen LogP contribution in [0.2, 0.25) is 0 Å². The predicted octanol–water partition coefficient (Wildman–Crippen LogP) is 3.54. The molecule has 0 aliphatic rings. The van der Waals surface area contributed by atoms with E-state index in [0.717, 1.165) is 35.6 Å². The van der Waals surface area contributed by atoms with Gasteiger partial charge >= 0.3 is 5.97 Å². The molecule has 3 rings (SSSR count). The zero-order valence-electron chi connectivity index (χ0n) is 16.9. The van der Waals surface area contributed by atoms with Crippen LogP contribution in [-0.2, 0) is 22.7 Å². The fraction of sp³-hybridized carbons (Fsp3) is 0.333. The van der Waals surface area contributed by atoms with Crippen molar-refractivity contribution in [3.8, 4) is 6.07 Å². The third kappa shape index (κ3) is 4.15. The third-order valence-corrected chi connectivity index (χ3v) is 5.62. The molecule has 0 N–H and O–H groups in total. The van der Waals surface area contributed by atoms with E-state index in [9.17, 15) is 14.9 Å². The van der Waals surface area contributed by atoms with Crippen LogP contribution in [0.1, 0.15) is 41.7 Å². The molecule has 0 saturated heterocycles. The zero-order chi connectivity index (χ0) is 21.1. The molecule has 29 heavy (non-hydrogen) atoms. The number of thiazole rings is 1. The summed E-state index contributed by atoms with van der Waals surface area (Å²) < 4.78 is 8.90. The molecule has 0 saturated carbocycles. The highest BCUT2D eigenvalue weighted by Crippen LogP contribution is 2.19. The topological polar surface area (TPSA) is 89.4 Å². The summed E-state index contributed by atoms with van der Waals surface area (Å²) in [7, 11) is 0. The van der Waals surface area contributed by atoms with Gasteiger partial charge in [-0.1, -0.05) is 6.92 Å². The summed E-state index contributed by atoms with van der Waals surface area (Å²) in [5.41, 5.74) is 3.73. The Hall–Kier alpha value is -3.18. The summed E-state index contributed by atoms with van der Waals surface area (Å²) >= 11 is 1.34. The van der Waals surface area contributed by atoms with Crippen molar-refractivity contribution in [3.05, 3.63) is 61.8 Å². The Morgan fingerprint density at radius 3 is 2.76 bits per heavy atom. The molecule has 3 heterocycles. The Labute approximate surface area is 172 Å². The standard InChI is InChI=1S/C21H22N4O3S/c1-5-6-24-13(2)7-16(15(24)4)8-17(10-22)20(27)28-11-18-9-19(26)25-14(3)12-29-21(25)23-18/h7-9,12H,5-6,11H2,1-4H3/b17-8+. The van der Waals surface area contributed by atoms with Crippen LogP contribution >= 0.6 is 11.3 Å². The fourth-order valence-electron chi connectivity index (χ4n) is 3.23. The molecule has 150 valence electrons. The molecular weight excluding hydrogens is 388 g/mol. The molecule has 0 radical (unpaired) electrons. The second-order valence-electron chi connectivity index (χ2n) is 6.80.